The fourth-order valence-corrected chi connectivity index (χ4v) is 7.02. The van der Waals surface area contributed by atoms with E-state index >= 15 is 0 Å². The number of rotatable bonds is 21. The van der Waals surface area contributed by atoms with Crippen LogP contribution in [0.1, 0.15) is 74.6 Å². The van der Waals surface area contributed by atoms with E-state index in [0.29, 0.717) is 74.7 Å². The summed E-state index contributed by atoms with van der Waals surface area (Å²) in [6.45, 7) is 3.89. The molecule has 18 nitrogen and oxygen atoms in total. The third kappa shape index (κ3) is 10.4. The molecule has 5 aromatic rings. The molecule has 3 aliphatic rings. The summed E-state index contributed by atoms with van der Waals surface area (Å²) in [5.41, 5.74) is 2.27. The van der Waals surface area contributed by atoms with Crippen molar-refractivity contribution in [2.24, 2.45) is 5.92 Å². The van der Waals surface area contributed by atoms with Gasteiger partial charge in [-0.05, 0) is 73.2 Å². The van der Waals surface area contributed by atoms with Crippen LogP contribution >= 0.6 is 0 Å². The number of pyridine rings is 1. The molecule has 1 aliphatic carbocycles. The van der Waals surface area contributed by atoms with Crippen LogP contribution in [0, 0.1) is 5.92 Å². The van der Waals surface area contributed by atoms with E-state index < -0.39 is 47.7 Å². The molecule has 2 fully saturated rings. The molecule has 1 unspecified atom stereocenters. The molecular weight excluding hydrogens is 823 g/mol. The van der Waals surface area contributed by atoms with Gasteiger partial charge < -0.3 is 35.2 Å². The Hall–Kier alpha value is -6.90. The van der Waals surface area contributed by atoms with Crippen molar-refractivity contribution in [1.29, 1.82) is 0 Å². The minimum Gasteiger partial charge on any atom is -0.444 e. The number of imide groups is 2. The third-order valence-corrected chi connectivity index (χ3v) is 10.6. The minimum absolute atomic E-state index is 0.0534. The highest BCUT2D eigenvalue weighted by atomic mass is 19.3. The summed E-state index contributed by atoms with van der Waals surface area (Å²) >= 11 is 0. The Kier molecular flexibility index (Phi) is 13.2. The van der Waals surface area contributed by atoms with Crippen LogP contribution in [0.25, 0.3) is 17.1 Å². The number of benzene rings is 2. The molecule has 5 heterocycles. The van der Waals surface area contributed by atoms with Gasteiger partial charge >= 0.3 is 0 Å². The molecule has 3 aromatic heterocycles. The molecule has 328 valence electrons. The van der Waals surface area contributed by atoms with Crippen molar-refractivity contribution in [1.82, 2.24) is 35.3 Å². The van der Waals surface area contributed by atoms with Gasteiger partial charge in [0, 0.05) is 50.0 Å². The number of carbonyl (C=O) groups excluding carboxylic acids is 5. The molecule has 1 saturated carbocycles. The number of halogens is 2. The highest BCUT2D eigenvalue weighted by Gasteiger charge is 2.44. The van der Waals surface area contributed by atoms with Gasteiger partial charge in [-0.15, -0.1) is 0 Å². The van der Waals surface area contributed by atoms with Gasteiger partial charge in [-0.1, -0.05) is 12.1 Å². The first-order chi connectivity index (χ1) is 30.6. The van der Waals surface area contributed by atoms with Crippen LogP contribution in [0.5, 0.6) is 0 Å². The number of fused-ring (bicyclic) bond motifs is 1. The summed E-state index contributed by atoms with van der Waals surface area (Å²) in [6.07, 6.45) is 3.70. The largest absolute Gasteiger partial charge is 0.444 e. The summed E-state index contributed by atoms with van der Waals surface area (Å²) in [5.74, 6) is -1.43. The van der Waals surface area contributed by atoms with E-state index in [1.165, 1.54) is 30.0 Å². The van der Waals surface area contributed by atoms with Gasteiger partial charge in [-0.25, -0.2) is 23.4 Å². The highest BCUT2D eigenvalue weighted by Crippen LogP contribution is 2.31. The number of piperidine rings is 1. The van der Waals surface area contributed by atoms with Gasteiger partial charge in [-0.3, -0.25) is 34.2 Å². The monoisotopic (exact) mass is 866 g/mol. The summed E-state index contributed by atoms with van der Waals surface area (Å²) in [7, 11) is 0. The van der Waals surface area contributed by atoms with Crippen LogP contribution in [0.3, 0.4) is 0 Å². The summed E-state index contributed by atoms with van der Waals surface area (Å²) < 4.78 is 46.1. The van der Waals surface area contributed by atoms with E-state index in [4.69, 9.17) is 13.9 Å². The zero-order chi connectivity index (χ0) is 43.9. The van der Waals surface area contributed by atoms with E-state index in [-0.39, 0.29) is 41.2 Å². The predicted molar refractivity (Wildman–Crippen MR) is 222 cm³/mol. The van der Waals surface area contributed by atoms with Gasteiger partial charge in [0.2, 0.25) is 17.7 Å². The number of hydrogen-bond acceptors (Lipinski definition) is 14. The SMILES string of the molecule is O=C1CCC(N2C(=O)c3ccc(NCCOCCOCCNCc4ccc(-n5cc(NC(=O)c6coc(-c7ccnc(NCC8CC8)c7)n6)c(C(F)F)n5)cc4)cc3C2=O)C(=O)N1. The molecule has 2 aromatic carbocycles. The van der Waals surface area contributed by atoms with Crippen LogP contribution in [0.2, 0.25) is 0 Å². The Balaban J connectivity index is 0.717. The molecular formula is C43H44F2N10O8. The van der Waals surface area contributed by atoms with Gasteiger partial charge in [0.1, 0.15) is 18.1 Å². The molecule has 1 saturated heterocycles. The van der Waals surface area contributed by atoms with Gasteiger partial charge in [0.15, 0.2) is 11.4 Å². The number of hydrogen-bond donors (Lipinski definition) is 5. The van der Waals surface area contributed by atoms with Crippen LogP contribution < -0.4 is 26.6 Å². The summed E-state index contributed by atoms with van der Waals surface area (Å²) in [6, 6.07) is 14.4. The number of amides is 5. The average molecular weight is 867 g/mol. The van der Waals surface area contributed by atoms with Crippen molar-refractivity contribution in [3.05, 3.63) is 101 Å². The quantitative estimate of drug-likeness (QED) is 0.0504. The second kappa shape index (κ2) is 19.4. The second-order valence-corrected chi connectivity index (χ2v) is 15.1. The minimum atomic E-state index is -2.95. The Morgan fingerprint density at radius 2 is 1.68 bits per heavy atom. The van der Waals surface area contributed by atoms with Crippen molar-refractivity contribution in [2.75, 3.05) is 62.0 Å². The molecule has 1 atom stereocenters. The third-order valence-electron chi connectivity index (χ3n) is 10.6. The van der Waals surface area contributed by atoms with E-state index in [1.807, 2.05) is 12.1 Å². The predicted octanol–water partition coefficient (Wildman–Crippen LogP) is 4.57. The smallest absolute Gasteiger partial charge is 0.284 e. The molecule has 0 spiro atoms. The first-order valence-electron chi connectivity index (χ1n) is 20.5. The number of ether oxygens (including phenoxy) is 2. The molecule has 8 rings (SSSR count). The maximum atomic E-state index is 14.0. The maximum absolute atomic E-state index is 14.0. The van der Waals surface area contributed by atoms with E-state index in [1.54, 1.807) is 48.7 Å². The van der Waals surface area contributed by atoms with Crippen LogP contribution in [-0.2, 0) is 25.6 Å². The number of alkyl halides is 2. The first-order valence-corrected chi connectivity index (χ1v) is 20.5. The van der Waals surface area contributed by atoms with Crippen LogP contribution in [0.4, 0.5) is 26.0 Å². The lowest BCUT2D eigenvalue weighted by Crippen LogP contribution is -2.54. The lowest BCUT2D eigenvalue weighted by Gasteiger charge is -2.27. The summed E-state index contributed by atoms with van der Waals surface area (Å²) in [5, 5.41) is 18.4. The lowest BCUT2D eigenvalue weighted by molar-refractivity contribution is -0.136. The number of aromatic nitrogens is 4. The maximum Gasteiger partial charge on any atom is 0.284 e. The number of nitrogens with one attached hydrogen (secondary N) is 5. The van der Waals surface area contributed by atoms with Gasteiger partial charge in [0.25, 0.3) is 24.1 Å². The number of oxazole rings is 1. The van der Waals surface area contributed by atoms with Gasteiger partial charge in [-0.2, -0.15) is 5.10 Å². The van der Waals surface area contributed by atoms with Crippen molar-refractivity contribution in [3.63, 3.8) is 0 Å². The fraction of sp³-hybridized carbons (Fsp3) is 0.349. The molecule has 5 amide bonds. The molecule has 20 heteroatoms. The molecule has 0 bridgehead atoms. The molecule has 2 aliphatic heterocycles. The zero-order valence-corrected chi connectivity index (χ0v) is 33.9. The number of carbonyl (C=O) groups is 5. The Morgan fingerprint density at radius 1 is 0.905 bits per heavy atom. The molecule has 0 radical (unpaired) electrons. The number of nitrogens with zero attached hydrogens (tertiary/aromatic N) is 5. The second-order valence-electron chi connectivity index (χ2n) is 15.1. The van der Waals surface area contributed by atoms with E-state index in [0.717, 1.165) is 17.0 Å². The van der Waals surface area contributed by atoms with Crippen molar-refractivity contribution in [3.8, 4) is 17.1 Å². The Bertz CT molecular complexity index is 2490. The van der Waals surface area contributed by atoms with E-state index in [2.05, 4.69) is 41.7 Å². The lowest BCUT2D eigenvalue weighted by atomic mass is 10.0. The first kappa shape index (κ1) is 42.8. The normalized spacial score (nSPS) is 16.1. The molecule has 63 heavy (non-hydrogen) atoms. The van der Waals surface area contributed by atoms with Crippen molar-refractivity contribution in [2.45, 2.75) is 44.7 Å². The highest BCUT2D eigenvalue weighted by molar-refractivity contribution is 6.23. The standard InChI is InChI=1S/C43H44F2N10O8/c44-38(45)37-32(50-39(57)33-24-63-41(51-33)27-11-12-48-35(19-27)49-22-26-1-2-26)23-54(53-37)29-6-3-25(4-7-29)21-46-13-15-61-17-18-62-16-14-47-28-5-8-30-31(20-28)43(60)55(42(30)59)34-9-10-36(56)52-40(34)58/h3-8,11-12,19-20,23-24,26,34,38,46-47H,1-2,9-10,13-18,21-22H2,(H,48,49)(H,50,57)(H,52,56,58). The number of anilines is 3. The topological polar surface area (TPSA) is 224 Å². The van der Waals surface area contributed by atoms with E-state index in [9.17, 15) is 32.8 Å². The Labute approximate surface area is 359 Å². The summed E-state index contributed by atoms with van der Waals surface area (Å²) in [4.78, 5) is 72.3. The Morgan fingerprint density at radius 3 is 2.44 bits per heavy atom. The average Bonchev–Trinajstić information content (AvgIpc) is 3.69. The van der Waals surface area contributed by atoms with Crippen molar-refractivity contribution >= 4 is 46.7 Å². The zero-order valence-electron chi connectivity index (χ0n) is 33.9. The van der Waals surface area contributed by atoms with Crippen LogP contribution in [-0.4, -0.2) is 106 Å². The molecule has 5 N–H and O–H groups in total. The van der Waals surface area contributed by atoms with Crippen LogP contribution in [0.15, 0.2) is 77.7 Å². The van der Waals surface area contributed by atoms with Gasteiger partial charge in [0.05, 0.1) is 55.1 Å². The fourth-order valence-electron chi connectivity index (χ4n) is 7.02. The van der Waals surface area contributed by atoms with Crippen molar-refractivity contribution < 1.29 is 46.6 Å².